The van der Waals surface area contributed by atoms with Gasteiger partial charge in [-0.3, -0.25) is 9.78 Å². The summed E-state index contributed by atoms with van der Waals surface area (Å²) < 4.78 is 4.85. The summed E-state index contributed by atoms with van der Waals surface area (Å²) in [7, 11) is 1.47. The third-order valence-electron chi connectivity index (χ3n) is 4.24. The Bertz CT molecular complexity index is 661. The van der Waals surface area contributed by atoms with E-state index in [4.69, 9.17) is 4.74 Å². The fraction of sp³-hybridized carbons (Fsp3) is 0.412. The third-order valence-corrected chi connectivity index (χ3v) is 4.24. The van der Waals surface area contributed by atoms with Crippen LogP contribution in [0.4, 0.5) is 5.69 Å². The molecule has 0 radical (unpaired) electrons. The summed E-state index contributed by atoms with van der Waals surface area (Å²) in [5.74, 6) is -0.0360. The number of fused-ring (bicyclic) bond motifs is 1. The Morgan fingerprint density at radius 1 is 1.29 bits per heavy atom. The molecule has 0 unspecified atom stereocenters. The molecular formula is C17H20N2O2. The Hall–Kier alpha value is -2.10. The van der Waals surface area contributed by atoms with Crippen molar-refractivity contribution < 1.29 is 9.53 Å². The molecule has 0 amide bonds. The highest BCUT2D eigenvalue weighted by atomic mass is 16.5. The zero-order valence-electron chi connectivity index (χ0n) is 12.5. The van der Waals surface area contributed by atoms with Gasteiger partial charge >= 0.3 is 5.97 Å². The van der Waals surface area contributed by atoms with E-state index in [1.54, 1.807) is 0 Å². The van der Waals surface area contributed by atoms with Gasteiger partial charge in [-0.25, -0.2) is 0 Å². The molecule has 2 heterocycles. The van der Waals surface area contributed by atoms with E-state index in [0.717, 1.165) is 31.4 Å². The maximum atomic E-state index is 11.6. The van der Waals surface area contributed by atoms with Crippen molar-refractivity contribution in [1.82, 2.24) is 4.98 Å². The van der Waals surface area contributed by atoms with Crippen LogP contribution in [0.5, 0.6) is 0 Å². The number of rotatable bonds is 2. The summed E-state index contributed by atoms with van der Waals surface area (Å²) in [5.41, 5.74) is 3.47. The van der Waals surface area contributed by atoms with Gasteiger partial charge in [0, 0.05) is 30.4 Å². The topological polar surface area (TPSA) is 42.4 Å². The number of carbonyl (C=O) groups excluding carboxylic acids is 1. The van der Waals surface area contributed by atoms with E-state index in [0.29, 0.717) is 0 Å². The van der Waals surface area contributed by atoms with Crippen LogP contribution in [0, 0.1) is 12.8 Å². The highest BCUT2D eigenvalue weighted by molar-refractivity contribution is 5.92. The van der Waals surface area contributed by atoms with Gasteiger partial charge in [0.1, 0.15) is 0 Å². The summed E-state index contributed by atoms with van der Waals surface area (Å²) in [5, 5.41) is 1.19. The average molecular weight is 284 g/mol. The Labute approximate surface area is 124 Å². The molecule has 1 fully saturated rings. The largest absolute Gasteiger partial charge is 0.469 e. The molecule has 0 aliphatic carbocycles. The first-order chi connectivity index (χ1) is 10.2. The lowest BCUT2D eigenvalue weighted by atomic mass is 9.96. The molecule has 110 valence electrons. The quantitative estimate of drug-likeness (QED) is 0.795. The van der Waals surface area contributed by atoms with E-state index in [1.807, 2.05) is 6.20 Å². The Balaban J connectivity index is 1.85. The van der Waals surface area contributed by atoms with E-state index in [9.17, 15) is 4.79 Å². The first-order valence-corrected chi connectivity index (χ1v) is 7.37. The van der Waals surface area contributed by atoms with E-state index >= 15 is 0 Å². The summed E-state index contributed by atoms with van der Waals surface area (Å²) in [6, 6.07) is 8.41. The monoisotopic (exact) mass is 284 g/mol. The second-order valence-electron chi connectivity index (χ2n) is 5.64. The van der Waals surface area contributed by atoms with E-state index in [1.165, 1.54) is 23.7 Å². The highest BCUT2D eigenvalue weighted by Gasteiger charge is 2.26. The fourth-order valence-corrected chi connectivity index (χ4v) is 3.04. The van der Waals surface area contributed by atoms with E-state index < -0.39 is 0 Å². The molecule has 2 aromatic rings. The number of esters is 1. The van der Waals surface area contributed by atoms with Crippen LogP contribution in [0.15, 0.2) is 30.5 Å². The lowest BCUT2D eigenvalue weighted by Crippen LogP contribution is -2.36. The predicted octanol–water partition coefficient (Wildman–Crippen LogP) is 2.93. The molecule has 21 heavy (non-hydrogen) atoms. The lowest BCUT2D eigenvalue weighted by molar-refractivity contribution is -0.146. The van der Waals surface area contributed by atoms with Crippen molar-refractivity contribution in [1.29, 1.82) is 0 Å². The van der Waals surface area contributed by atoms with Crippen LogP contribution >= 0.6 is 0 Å². The van der Waals surface area contributed by atoms with Gasteiger partial charge < -0.3 is 9.64 Å². The van der Waals surface area contributed by atoms with Gasteiger partial charge in [0.25, 0.3) is 0 Å². The lowest BCUT2D eigenvalue weighted by Gasteiger charge is -2.33. The van der Waals surface area contributed by atoms with Gasteiger partial charge in [0.15, 0.2) is 0 Å². The molecule has 0 atom stereocenters. The number of aromatic nitrogens is 1. The number of hydrogen-bond acceptors (Lipinski definition) is 4. The number of piperidine rings is 1. The molecule has 0 saturated carbocycles. The zero-order chi connectivity index (χ0) is 14.8. The first kappa shape index (κ1) is 13.9. The van der Waals surface area contributed by atoms with Crippen LogP contribution in [0.3, 0.4) is 0 Å². The average Bonchev–Trinajstić information content (AvgIpc) is 2.53. The van der Waals surface area contributed by atoms with Crippen molar-refractivity contribution >= 4 is 22.6 Å². The first-order valence-electron chi connectivity index (χ1n) is 7.37. The van der Waals surface area contributed by atoms with E-state index in [-0.39, 0.29) is 11.9 Å². The fourth-order valence-electron chi connectivity index (χ4n) is 3.04. The van der Waals surface area contributed by atoms with Gasteiger partial charge in [0.05, 0.1) is 18.5 Å². The minimum atomic E-state index is -0.0786. The van der Waals surface area contributed by atoms with Crippen molar-refractivity contribution in [3.05, 3.63) is 36.0 Å². The number of ether oxygens (including phenoxy) is 1. The van der Waals surface area contributed by atoms with Gasteiger partial charge in [-0.2, -0.15) is 0 Å². The summed E-state index contributed by atoms with van der Waals surface area (Å²) in [6.45, 7) is 3.86. The zero-order valence-corrected chi connectivity index (χ0v) is 12.5. The molecule has 0 spiro atoms. The number of anilines is 1. The molecule has 1 saturated heterocycles. The molecule has 1 aromatic heterocycles. The standard InChI is InChI=1S/C17H20N2O2/c1-12-3-4-15-14(11-12)16(5-8-18-15)19-9-6-13(7-10-19)17(20)21-2/h3-5,8,11,13H,6-7,9-10H2,1-2H3. The van der Waals surface area contributed by atoms with Gasteiger partial charge in [-0.15, -0.1) is 0 Å². The van der Waals surface area contributed by atoms with Crippen molar-refractivity contribution in [2.75, 3.05) is 25.1 Å². The molecule has 4 nitrogen and oxygen atoms in total. The van der Waals surface area contributed by atoms with Gasteiger partial charge in [-0.1, -0.05) is 11.6 Å². The van der Waals surface area contributed by atoms with Crippen LogP contribution in [0.1, 0.15) is 18.4 Å². The number of carbonyl (C=O) groups is 1. The summed E-state index contributed by atoms with van der Waals surface area (Å²) >= 11 is 0. The van der Waals surface area contributed by atoms with E-state index in [2.05, 4.69) is 41.1 Å². The van der Waals surface area contributed by atoms with Crippen LogP contribution in [-0.2, 0) is 9.53 Å². The molecule has 4 heteroatoms. The van der Waals surface area contributed by atoms with Crippen LogP contribution < -0.4 is 4.90 Å². The van der Waals surface area contributed by atoms with Crippen LogP contribution in [-0.4, -0.2) is 31.2 Å². The minimum absolute atomic E-state index is 0.0427. The normalized spacial score (nSPS) is 16.2. The Morgan fingerprint density at radius 3 is 2.76 bits per heavy atom. The number of hydrogen-bond donors (Lipinski definition) is 0. The predicted molar refractivity (Wildman–Crippen MR) is 83.4 cm³/mol. The second kappa shape index (κ2) is 5.72. The van der Waals surface area contributed by atoms with Crippen molar-refractivity contribution in [3.63, 3.8) is 0 Å². The highest BCUT2D eigenvalue weighted by Crippen LogP contribution is 2.30. The van der Waals surface area contributed by atoms with Crippen molar-refractivity contribution in [2.45, 2.75) is 19.8 Å². The Kier molecular flexibility index (Phi) is 3.78. The number of pyridine rings is 1. The molecule has 0 bridgehead atoms. The molecule has 0 N–H and O–H groups in total. The third kappa shape index (κ3) is 2.71. The molecule has 1 aromatic carbocycles. The maximum absolute atomic E-state index is 11.6. The molecule has 3 rings (SSSR count). The maximum Gasteiger partial charge on any atom is 0.308 e. The molecule has 1 aliphatic heterocycles. The number of aryl methyl sites for hydroxylation is 1. The smallest absolute Gasteiger partial charge is 0.308 e. The number of benzene rings is 1. The SMILES string of the molecule is COC(=O)C1CCN(c2ccnc3ccc(C)cc23)CC1. The van der Waals surface area contributed by atoms with Gasteiger partial charge in [-0.05, 0) is 38.0 Å². The van der Waals surface area contributed by atoms with Crippen molar-refractivity contribution in [3.8, 4) is 0 Å². The van der Waals surface area contributed by atoms with Gasteiger partial charge in [0.2, 0.25) is 0 Å². The molecular weight excluding hydrogens is 264 g/mol. The van der Waals surface area contributed by atoms with Crippen molar-refractivity contribution in [2.24, 2.45) is 5.92 Å². The number of nitrogens with zero attached hydrogens (tertiary/aromatic N) is 2. The summed E-state index contributed by atoms with van der Waals surface area (Å²) in [4.78, 5) is 18.4. The molecule has 1 aliphatic rings. The summed E-state index contributed by atoms with van der Waals surface area (Å²) in [6.07, 6.45) is 3.56. The van der Waals surface area contributed by atoms with Crippen LogP contribution in [0.25, 0.3) is 10.9 Å². The number of methoxy groups -OCH3 is 1. The second-order valence-corrected chi connectivity index (χ2v) is 5.64. The van der Waals surface area contributed by atoms with Crippen LogP contribution in [0.2, 0.25) is 0 Å². The minimum Gasteiger partial charge on any atom is -0.469 e. The Morgan fingerprint density at radius 2 is 2.05 bits per heavy atom.